The van der Waals surface area contributed by atoms with E-state index in [1.807, 2.05) is 52.1 Å². The third kappa shape index (κ3) is 2.87. The van der Waals surface area contributed by atoms with Crippen LogP contribution in [0.2, 0.25) is 0 Å². The number of allylic oxidation sites excluding steroid dienone is 3. The number of carbonyl (C=O) groups excluding carboxylic acids is 1. The van der Waals surface area contributed by atoms with Crippen LogP contribution < -0.4 is 10.6 Å². The van der Waals surface area contributed by atoms with Crippen molar-refractivity contribution in [3.63, 3.8) is 0 Å². The highest BCUT2D eigenvalue weighted by atomic mass is 32.1. The highest BCUT2D eigenvalue weighted by molar-refractivity contribution is 7.08. The first-order chi connectivity index (χ1) is 12.9. The van der Waals surface area contributed by atoms with Crippen LogP contribution in [0.5, 0.6) is 0 Å². The lowest BCUT2D eigenvalue weighted by Crippen LogP contribution is -2.42. The van der Waals surface area contributed by atoms with Crippen molar-refractivity contribution >= 4 is 22.8 Å². The van der Waals surface area contributed by atoms with Crippen LogP contribution in [0.1, 0.15) is 38.2 Å². The maximum atomic E-state index is 13.2. The van der Waals surface area contributed by atoms with Gasteiger partial charge in [0, 0.05) is 23.4 Å². The Bertz CT molecular complexity index is 994. The van der Waals surface area contributed by atoms with E-state index >= 15 is 0 Å². The van der Waals surface area contributed by atoms with Gasteiger partial charge in [-0.3, -0.25) is 9.69 Å². The zero-order chi connectivity index (χ0) is 19.2. The van der Waals surface area contributed by atoms with Crippen molar-refractivity contribution in [3.05, 3.63) is 75.4 Å². The van der Waals surface area contributed by atoms with E-state index in [9.17, 15) is 10.1 Å². The molecule has 2 aromatic rings. The summed E-state index contributed by atoms with van der Waals surface area (Å²) < 4.78 is 0. The second-order valence-electron chi connectivity index (χ2n) is 7.87. The van der Waals surface area contributed by atoms with Gasteiger partial charge in [-0.15, -0.1) is 0 Å². The van der Waals surface area contributed by atoms with Gasteiger partial charge < -0.3 is 5.73 Å². The molecule has 1 aromatic heterocycles. The summed E-state index contributed by atoms with van der Waals surface area (Å²) in [6.07, 6.45) is 1.22. The number of Topliss-reactive ketones (excluding diaryl/α,β-unsaturated/α-hetero) is 1. The van der Waals surface area contributed by atoms with Gasteiger partial charge in [0.1, 0.15) is 5.82 Å². The first-order valence-corrected chi connectivity index (χ1v) is 9.90. The number of benzene rings is 1. The average molecular weight is 375 g/mol. The molecule has 2 aliphatic rings. The summed E-state index contributed by atoms with van der Waals surface area (Å²) in [5.41, 5.74) is 10.3. The van der Waals surface area contributed by atoms with Crippen LogP contribution in [-0.2, 0) is 4.79 Å². The molecule has 0 saturated carbocycles. The fraction of sp³-hybridized carbons (Fsp3) is 0.273. The molecule has 1 aliphatic carbocycles. The van der Waals surface area contributed by atoms with Gasteiger partial charge in [-0.1, -0.05) is 32.0 Å². The van der Waals surface area contributed by atoms with Crippen LogP contribution >= 0.6 is 11.3 Å². The van der Waals surface area contributed by atoms with Gasteiger partial charge in [0.15, 0.2) is 5.78 Å². The number of nitriles is 1. The topological polar surface area (TPSA) is 70.1 Å². The molecule has 4 nitrogen and oxygen atoms in total. The molecule has 0 fully saturated rings. The molecule has 0 spiro atoms. The highest BCUT2D eigenvalue weighted by Crippen LogP contribution is 2.50. The normalized spacial score (nSPS) is 21.9. The van der Waals surface area contributed by atoms with E-state index in [0.717, 1.165) is 28.9 Å². The van der Waals surface area contributed by atoms with E-state index in [-0.39, 0.29) is 17.1 Å². The molecule has 0 unspecified atom stereocenters. The summed E-state index contributed by atoms with van der Waals surface area (Å²) in [5, 5.41) is 13.9. The predicted octanol–water partition coefficient (Wildman–Crippen LogP) is 4.69. The Hall–Kier alpha value is -2.84. The molecule has 1 atom stereocenters. The lowest BCUT2D eigenvalue weighted by Gasteiger charge is -2.43. The smallest absolute Gasteiger partial charge is 0.162 e. The van der Waals surface area contributed by atoms with Gasteiger partial charge in [0.05, 0.1) is 17.6 Å². The molecule has 1 aliphatic heterocycles. The molecule has 0 saturated heterocycles. The minimum absolute atomic E-state index is 0.110. The summed E-state index contributed by atoms with van der Waals surface area (Å²) in [6, 6.07) is 14.0. The molecule has 4 rings (SSSR count). The van der Waals surface area contributed by atoms with Crippen LogP contribution in [0.15, 0.2) is 69.8 Å². The SMILES string of the molecule is CC1(C)CC(=O)C2=C(C1)N(c1ccccc1)C(N)=C(C#N)[C@@H]2c1ccsc1. The molecular formula is C22H21N3OS. The highest BCUT2D eigenvalue weighted by Gasteiger charge is 2.44. The van der Waals surface area contributed by atoms with Crippen LogP contribution in [0, 0.1) is 16.7 Å². The fourth-order valence-corrected chi connectivity index (χ4v) is 4.84. The van der Waals surface area contributed by atoms with Crippen molar-refractivity contribution < 1.29 is 4.79 Å². The molecule has 0 bridgehead atoms. The lowest BCUT2D eigenvalue weighted by atomic mass is 9.69. The maximum Gasteiger partial charge on any atom is 0.162 e. The van der Waals surface area contributed by atoms with Gasteiger partial charge in [-0.2, -0.15) is 16.6 Å². The molecule has 2 heterocycles. The minimum Gasteiger partial charge on any atom is -0.384 e. The average Bonchev–Trinajstić information content (AvgIpc) is 3.14. The maximum absolute atomic E-state index is 13.2. The molecule has 27 heavy (non-hydrogen) atoms. The molecule has 0 amide bonds. The van der Waals surface area contributed by atoms with Gasteiger partial charge >= 0.3 is 0 Å². The number of ketones is 1. The van der Waals surface area contributed by atoms with E-state index in [2.05, 4.69) is 19.9 Å². The number of hydrogen-bond donors (Lipinski definition) is 1. The summed E-state index contributed by atoms with van der Waals surface area (Å²) in [4.78, 5) is 15.2. The number of anilines is 1. The van der Waals surface area contributed by atoms with Gasteiger partial charge in [-0.25, -0.2) is 0 Å². The zero-order valence-corrected chi connectivity index (χ0v) is 16.2. The van der Waals surface area contributed by atoms with Crippen molar-refractivity contribution in [3.8, 4) is 6.07 Å². The molecule has 5 heteroatoms. The third-order valence-corrected chi connectivity index (χ3v) is 5.97. The summed E-state index contributed by atoms with van der Waals surface area (Å²) >= 11 is 1.56. The van der Waals surface area contributed by atoms with Crippen LogP contribution in [0.25, 0.3) is 0 Å². The van der Waals surface area contributed by atoms with Gasteiger partial charge in [-0.05, 0) is 46.4 Å². The second kappa shape index (κ2) is 6.40. The van der Waals surface area contributed by atoms with E-state index in [1.165, 1.54) is 0 Å². The van der Waals surface area contributed by atoms with E-state index in [1.54, 1.807) is 11.3 Å². The Morgan fingerprint density at radius 1 is 1.22 bits per heavy atom. The zero-order valence-electron chi connectivity index (χ0n) is 15.4. The first-order valence-electron chi connectivity index (χ1n) is 8.96. The summed E-state index contributed by atoms with van der Waals surface area (Å²) in [6.45, 7) is 4.22. The number of carbonyl (C=O) groups is 1. The summed E-state index contributed by atoms with van der Waals surface area (Å²) in [7, 11) is 0. The molecular weight excluding hydrogens is 354 g/mol. The van der Waals surface area contributed by atoms with Crippen molar-refractivity contribution in [1.29, 1.82) is 5.26 Å². The van der Waals surface area contributed by atoms with Crippen molar-refractivity contribution in [2.45, 2.75) is 32.6 Å². The molecule has 2 N–H and O–H groups in total. The number of nitrogens with zero attached hydrogens (tertiary/aromatic N) is 2. The number of rotatable bonds is 2. The van der Waals surface area contributed by atoms with Gasteiger partial charge in [0.25, 0.3) is 0 Å². The van der Waals surface area contributed by atoms with Crippen LogP contribution in [0.4, 0.5) is 5.69 Å². The Morgan fingerprint density at radius 2 is 1.96 bits per heavy atom. The Balaban J connectivity index is 2.00. The third-order valence-electron chi connectivity index (χ3n) is 5.27. The van der Waals surface area contributed by atoms with E-state index in [4.69, 9.17) is 5.73 Å². The van der Waals surface area contributed by atoms with Crippen LogP contribution in [-0.4, -0.2) is 5.78 Å². The second-order valence-corrected chi connectivity index (χ2v) is 8.65. The van der Waals surface area contributed by atoms with Gasteiger partial charge in [0.2, 0.25) is 0 Å². The molecule has 136 valence electrons. The van der Waals surface area contributed by atoms with E-state index < -0.39 is 0 Å². The Kier molecular flexibility index (Phi) is 4.16. The quantitative estimate of drug-likeness (QED) is 0.827. The monoisotopic (exact) mass is 375 g/mol. The fourth-order valence-electron chi connectivity index (χ4n) is 4.15. The molecule has 1 aromatic carbocycles. The van der Waals surface area contributed by atoms with E-state index in [0.29, 0.717) is 17.8 Å². The predicted molar refractivity (Wildman–Crippen MR) is 108 cm³/mol. The number of nitrogens with two attached hydrogens (primary N) is 1. The van der Waals surface area contributed by atoms with Crippen molar-refractivity contribution in [1.82, 2.24) is 0 Å². The minimum atomic E-state index is -0.375. The largest absolute Gasteiger partial charge is 0.384 e. The number of thiophene rings is 1. The van der Waals surface area contributed by atoms with Crippen molar-refractivity contribution in [2.75, 3.05) is 4.90 Å². The Labute approximate surface area is 163 Å². The summed E-state index contributed by atoms with van der Waals surface area (Å²) in [5.74, 6) is 0.155. The standard InChI is InChI=1S/C22H21N3OS/c1-22(2)10-17-20(18(26)11-22)19(14-8-9-27-13-14)16(12-23)21(24)25(17)15-6-4-3-5-7-15/h3-9,13,19H,10-11,24H2,1-2H3/t19-/m0/s1. The number of para-hydroxylation sites is 1. The number of hydrogen-bond acceptors (Lipinski definition) is 5. The Morgan fingerprint density at radius 3 is 2.59 bits per heavy atom. The first kappa shape index (κ1) is 17.6. The van der Waals surface area contributed by atoms with Crippen molar-refractivity contribution in [2.24, 2.45) is 11.1 Å². The van der Waals surface area contributed by atoms with Crippen LogP contribution in [0.3, 0.4) is 0 Å². The lowest BCUT2D eigenvalue weighted by molar-refractivity contribution is -0.118. The molecule has 0 radical (unpaired) electrons.